The Morgan fingerprint density at radius 1 is 0.447 bits per heavy atom. The molecule has 6 nitrogen and oxygen atoms in total. The topological polar surface area (TPSA) is 105 Å². The number of benzene rings is 5. The maximum Gasteiger partial charge on any atom is 0.193 e. The zero-order valence-corrected chi connectivity index (χ0v) is 20.3. The lowest BCUT2D eigenvalue weighted by molar-refractivity contribution is 0.103. The Morgan fingerprint density at radius 2 is 0.842 bits per heavy atom. The fraction of sp³-hybridized carbons (Fsp3) is 0. The van der Waals surface area contributed by atoms with Crippen molar-refractivity contribution in [2.45, 2.75) is 0 Å². The highest BCUT2D eigenvalue weighted by Gasteiger charge is 2.16. The Morgan fingerprint density at radius 3 is 1.24 bits per heavy atom. The van der Waals surface area contributed by atoms with Gasteiger partial charge < -0.3 is 20.9 Å². The van der Waals surface area contributed by atoms with Crippen LogP contribution in [0.4, 0.5) is 11.4 Å². The summed E-state index contributed by atoms with van der Waals surface area (Å²) in [6.45, 7) is 0. The number of carbonyl (C=O) groups is 2. The second-order valence-electron chi connectivity index (χ2n) is 8.57. The number of carbonyl (C=O) groups excluding carboxylic acids is 2. The lowest BCUT2D eigenvalue weighted by Gasteiger charge is -2.11. The first kappa shape index (κ1) is 24.3. The van der Waals surface area contributed by atoms with Crippen LogP contribution >= 0.6 is 0 Å². The minimum absolute atomic E-state index is 0.260. The summed E-state index contributed by atoms with van der Waals surface area (Å²) in [5, 5.41) is 0. The van der Waals surface area contributed by atoms with Gasteiger partial charge in [0.15, 0.2) is 11.6 Å². The number of para-hydroxylation sites is 2. The second kappa shape index (κ2) is 10.7. The van der Waals surface area contributed by atoms with Gasteiger partial charge in [-0.2, -0.15) is 0 Å². The van der Waals surface area contributed by atoms with Crippen LogP contribution in [0, 0.1) is 0 Å². The van der Waals surface area contributed by atoms with Gasteiger partial charge in [0.2, 0.25) is 0 Å². The van der Waals surface area contributed by atoms with E-state index in [-0.39, 0.29) is 11.6 Å². The highest BCUT2D eigenvalue weighted by Crippen LogP contribution is 2.30. The second-order valence-corrected chi connectivity index (χ2v) is 8.57. The van der Waals surface area contributed by atoms with Crippen LogP contribution in [0.25, 0.3) is 0 Å². The Labute approximate surface area is 220 Å². The summed E-state index contributed by atoms with van der Waals surface area (Å²) >= 11 is 0. The normalized spacial score (nSPS) is 10.5. The zero-order valence-electron chi connectivity index (χ0n) is 20.3. The Hall–Kier alpha value is -5.36. The largest absolute Gasteiger partial charge is 0.455 e. The van der Waals surface area contributed by atoms with E-state index < -0.39 is 0 Å². The maximum absolute atomic E-state index is 13.2. The molecule has 4 N–H and O–H groups in total. The number of nitrogen functional groups attached to an aromatic ring is 2. The van der Waals surface area contributed by atoms with Crippen molar-refractivity contribution >= 4 is 22.9 Å². The SMILES string of the molecule is Nc1cc(C(=O)c2cccc(C(=O)c3ccc(Oc4ccccc4)c(N)c3)c2)ccc1Oc1ccccc1. The van der Waals surface area contributed by atoms with E-state index >= 15 is 0 Å². The van der Waals surface area contributed by atoms with Crippen LogP contribution in [0.3, 0.4) is 0 Å². The summed E-state index contributed by atoms with van der Waals surface area (Å²) in [6.07, 6.45) is 0. The first-order valence-corrected chi connectivity index (χ1v) is 11.9. The molecule has 0 unspecified atom stereocenters. The van der Waals surface area contributed by atoms with E-state index in [2.05, 4.69) is 0 Å². The summed E-state index contributed by atoms with van der Waals surface area (Å²) in [7, 11) is 0. The average molecular weight is 501 g/mol. The summed E-state index contributed by atoms with van der Waals surface area (Å²) in [5.41, 5.74) is 14.5. The number of nitrogens with two attached hydrogens (primary N) is 2. The summed E-state index contributed by atoms with van der Waals surface area (Å²) < 4.78 is 11.6. The number of hydrogen-bond acceptors (Lipinski definition) is 6. The number of rotatable bonds is 8. The highest BCUT2D eigenvalue weighted by molar-refractivity contribution is 6.13. The first-order chi connectivity index (χ1) is 18.5. The van der Waals surface area contributed by atoms with Crippen molar-refractivity contribution in [2.24, 2.45) is 0 Å². The van der Waals surface area contributed by atoms with Crippen LogP contribution in [0.2, 0.25) is 0 Å². The van der Waals surface area contributed by atoms with Gasteiger partial charge in [-0.15, -0.1) is 0 Å². The molecule has 6 heteroatoms. The lowest BCUT2D eigenvalue weighted by atomic mass is 9.97. The molecule has 0 saturated carbocycles. The lowest BCUT2D eigenvalue weighted by Crippen LogP contribution is -2.07. The maximum atomic E-state index is 13.2. The van der Waals surface area contributed by atoms with Crippen molar-refractivity contribution in [1.82, 2.24) is 0 Å². The average Bonchev–Trinajstić information content (AvgIpc) is 2.95. The minimum atomic E-state index is -0.260. The van der Waals surface area contributed by atoms with Crippen molar-refractivity contribution < 1.29 is 19.1 Å². The monoisotopic (exact) mass is 500 g/mol. The quantitative estimate of drug-likeness (QED) is 0.177. The molecular formula is C32H24N2O4. The molecule has 0 spiro atoms. The van der Waals surface area contributed by atoms with Crippen molar-refractivity contribution in [2.75, 3.05) is 11.5 Å². The molecule has 0 radical (unpaired) electrons. The zero-order chi connectivity index (χ0) is 26.5. The van der Waals surface area contributed by atoms with Gasteiger partial charge in [0.05, 0.1) is 11.4 Å². The predicted octanol–water partition coefficient (Wildman–Crippen LogP) is 6.90. The molecule has 0 heterocycles. The van der Waals surface area contributed by atoms with Crippen LogP contribution in [-0.2, 0) is 0 Å². The summed E-state index contributed by atoms with van der Waals surface area (Å²) in [4.78, 5) is 26.4. The third-order valence-corrected chi connectivity index (χ3v) is 5.87. The smallest absolute Gasteiger partial charge is 0.193 e. The van der Waals surface area contributed by atoms with Crippen LogP contribution in [0.1, 0.15) is 31.8 Å². The Bertz CT molecular complexity index is 1500. The fourth-order valence-corrected chi connectivity index (χ4v) is 3.93. The molecule has 38 heavy (non-hydrogen) atoms. The molecule has 5 rings (SSSR count). The third kappa shape index (κ3) is 5.39. The fourth-order valence-electron chi connectivity index (χ4n) is 3.93. The van der Waals surface area contributed by atoms with Gasteiger partial charge in [0.25, 0.3) is 0 Å². The Balaban J connectivity index is 1.33. The molecule has 0 aliphatic rings. The molecule has 0 fully saturated rings. The predicted molar refractivity (Wildman–Crippen MR) is 148 cm³/mol. The molecule has 0 atom stereocenters. The molecule has 0 saturated heterocycles. The summed E-state index contributed by atoms with van der Waals surface area (Å²) in [6, 6.07) is 34.8. The molecule has 0 amide bonds. The van der Waals surface area contributed by atoms with Crippen LogP contribution in [0.15, 0.2) is 121 Å². The standard InChI is InChI=1S/C32H24N2O4/c33-27-19-23(14-16-29(27)37-25-10-3-1-4-11-25)31(35)21-8-7-9-22(18-21)32(36)24-15-17-30(28(34)20-24)38-26-12-5-2-6-13-26/h1-20H,33-34H2. The van der Waals surface area contributed by atoms with Crippen molar-refractivity contribution in [3.05, 3.63) is 144 Å². The van der Waals surface area contributed by atoms with Crippen molar-refractivity contribution in [3.63, 3.8) is 0 Å². The van der Waals surface area contributed by atoms with Gasteiger partial charge in [-0.1, -0.05) is 54.6 Å². The third-order valence-electron chi connectivity index (χ3n) is 5.87. The molecule has 0 aliphatic carbocycles. The number of ether oxygens (including phenoxy) is 2. The first-order valence-electron chi connectivity index (χ1n) is 11.9. The van der Waals surface area contributed by atoms with Crippen molar-refractivity contribution in [3.8, 4) is 23.0 Å². The van der Waals surface area contributed by atoms with Gasteiger partial charge in [-0.3, -0.25) is 9.59 Å². The van der Waals surface area contributed by atoms with E-state index in [4.69, 9.17) is 20.9 Å². The van der Waals surface area contributed by atoms with E-state index in [1.165, 1.54) is 0 Å². The van der Waals surface area contributed by atoms with E-state index in [1.54, 1.807) is 60.7 Å². The number of ketones is 2. The summed E-state index contributed by atoms with van der Waals surface area (Å²) in [5.74, 6) is 1.67. The van der Waals surface area contributed by atoms with Crippen LogP contribution in [-0.4, -0.2) is 11.6 Å². The van der Waals surface area contributed by atoms with Gasteiger partial charge in [0, 0.05) is 22.3 Å². The van der Waals surface area contributed by atoms with Gasteiger partial charge in [0.1, 0.15) is 23.0 Å². The van der Waals surface area contributed by atoms with E-state index in [0.717, 1.165) is 0 Å². The minimum Gasteiger partial charge on any atom is -0.455 e. The molecule has 5 aromatic rings. The highest BCUT2D eigenvalue weighted by atomic mass is 16.5. The van der Waals surface area contributed by atoms with Crippen LogP contribution < -0.4 is 20.9 Å². The Kier molecular flexibility index (Phi) is 6.87. The molecule has 186 valence electrons. The molecule has 5 aromatic carbocycles. The molecular weight excluding hydrogens is 476 g/mol. The van der Waals surface area contributed by atoms with Gasteiger partial charge in [-0.25, -0.2) is 0 Å². The van der Waals surface area contributed by atoms with E-state index in [9.17, 15) is 9.59 Å². The van der Waals surface area contributed by atoms with Gasteiger partial charge >= 0.3 is 0 Å². The number of hydrogen-bond donors (Lipinski definition) is 2. The van der Waals surface area contributed by atoms with Gasteiger partial charge in [-0.05, 0) is 66.7 Å². The van der Waals surface area contributed by atoms with Crippen LogP contribution in [0.5, 0.6) is 23.0 Å². The van der Waals surface area contributed by atoms with E-state index in [0.29, 0.717) is 56.6 Å². The van der Waals surface area contributed by atoms with E-state index in [1.807, 2.05) is 60.7 Å². The molecule has 0 aromatic heterocycles. The number of anilines is 2. The molecule has 0 bridgehead atoms. The van der Waals surface area contributed by atoms with Crippen molar-refractivity contribution in [1.29, 1.82) is 0 Å². The molecule has 0 aliphatic heterocycles.